The SMILES string of the molecule is [C-]#[N+]c1ccc(-c2ccc(-c3ccc(C#N)cc3)o2)cn1. The van der Waals surface area contributed by atoms with Crippen LogP contribution in [0.15, 0.2) is 59.1 Å². The van der Waals surface area contributed by atoms with Gasteiger partial charge >= 0.3 is 0 Å². The van der Waals surface area contributed by atoms with E-state index in [2.05, 4.69) is 15.9 Å². The van der Waals surface area contributed by atoms with Crippen LogP contribution in [0.25, 0.3) is 27.5 Å². The summed E-state index contributed by atoms with van der Waals surface area (Å²) in [5, 5.41) is 8.79. The molecule has 0 saturated carbocycles. The number of furan rings is 1. The van der Waals surface area contributed by atoms with Crippen molar-refractivity contribution in [2.24, 2.45) is 0 Å². The van der Waals surface area contributed by atoms with E-state index in [0.29, 0.717) is 17.1 Å². The molecule has 21 heavy (non-hydrogen) atoms. The van der Waals surface area contributed by atoms with Crippen LogP contribution in [0.1, 0.15) is 5.56 Å². The van der Waals surface area contributed by atoms with Crippen LogP contribution in [-0.2, 0) is 0 Å². The van der Waals surface area contributed by atoms with E-state index >= 15 is 0 Å². The summed E-state index contributed by atoms with van der Waals surface area (Å²) in [6.07, 6.45) is 1.62. The Labute approximate surface area is 121 Å². The maximum absolute atomic E-state index is 8.79. The lowest BCUT2D eigenvalue weighted by molar-refractivity contribution is 0.597. The molecule has 4 heteroatoms. The molecular formula is C17H9N3O. The highest BCUT2D eigenvalue weighted by Crippen LogP contribution is 2.28. The lowest BCUT2D eigenvalue weighted by atomic mass is 10.1. The van der Waals surface area contributed by atoms with E-state index in [-0.39, 0.29) is 0 Å². The molecule has 2 aromatic heterocycles. The van der Waals surface area contributed by atoms with Gasteiger partial charge in [0, 0.05) is 5.56 Å². The first-order valence-electron chi connectivity index (χ1n) is 6.24. The third-order valence-corrected chi connectivity index (χ3v) is 3.05. The van der Waals surface area contributed by atoms with Gasteiger partial charge in [0.1, 0.15) is 17.7 Å². The zero-order valence-electron chi connectivity index (χ0n) is 10.9. The van der Waals surface area contributed by atoms with E-state index in [9.17, 15) is 0 Å². The van der Waals surface area contributed by atoms with E-state index in [1.165, 1.54) is 0 Å². The van der Waals surface area contributed by atoms with Gasteiger partial charge in [-0.15, -0.1) is 4.98 Å². The first-order valence-corrected chi connectivity index (χ1v) is 6.24. The Hall–Kier alpha value is -3.37. The van der Waals surface area contributed by atoms with Crippen molar-refractivity contribution in [2.75, 3.05) is 0 Å². The molecule has 0 aliphatic rings. The van der Waals surface area contributed by atoms with Gasteiger partial charge in [-0.1, -0.05) is 12.6 Å². The summed E-state index contributed by atoms with van der Waals surface area (Å²) in [7, 11) is 0. The minimum absolute atomic E-state index is 0.359. The first kappa shape index (κ1) is 12.7. The Bertz CT molecular complexity index is 775. The van der Waals surface area contributed by atoms with Crippen LogP contribution in [-0.4, -0.2) is 4.98 Å². The van der Waals surface area contributed by atoms with Crippen molar-refractivity contribution in [1.29, 1.82) is 5.26 Å². The zero-order chi connectivity index (χ0) is 14.7. The molecule has 0 saturated heterocycles. The van der Waals surface area contributed by atoms with Gasteiger partial charge in [0.15, 0.2) is 0 Å². The molecule has 0 atom stereocenters. The molecule has 0 unspecified atom stereocenters. The van der Waals surface area contributed by atoms with E-state index in [1.807, 2.05) is 30.3 Å². The molecule has 0 amide bonds. The summed E-state index contributed by atoms with van der Waals surface area (Å²) in [4.78, 5) is 7.28. The second-order valence-electron chi connectivity index (χ2n) is 4.37. The minimum Gasteiger partial charge on any atom is -0.456 e. The fourth-order valence-corrected chi connectivity index (χ4v) is 1.96. The maximum atomic E-state index is 8.79. The Morgan fingerprint density at radius 2 is 1.62 bits per heavy atom. The molecule has 0 aliphatic carbocycles. The van der Waals surface area contributed by atoms with Gasteiger partial charge in [0.25, 0.3) is 5.82 Å². The number of benzene rings is 1. The standard InChI is InChI=1S/C17H9N3O/c1-19-17-9-6-14(11-20-17)16-8-7-15(21-16)13-4-2-12(10-18)3-5-13/h2-9,11H. The molecule has 98 valence electrons. The van der Waals surface area contributed by atoms with Gasteiger partial charge in [0.2, 0.25) is 0 Å². The number of nitriles is 1. The van der Waals surface area contributed by atoms with Crippen molar-refractivity contribution in [2.45, 2.75) is 0 Å². The van der Waals surface area contributed by atoms with Gasteiger partial charge in [0.05, 0.1) is 17.2 Å². The molecule has 2 heterocycles. The van der Waals surface area contributed by atoms with Crippen molar-refractivity contribution in [3.63, 3.8) is 0 Å². The predicted octanol–water partition coefficient (Wildman–Crippen LogP) is 4.43. The molecule has 0 N–H and O–H groups in total. The summed E-state index contributed by atoms with van der Waals surface area (Å²) < 4.78 is 5.80. The van der Waals surface area contributed by atoms with Gasteiger partial charge in [-0.3, -0.25) is 0 Å². The van der Waals surface area contributed by atoms with E-state index in [1.54, 1.807) is 24.4 Å². The molecule has 0 fully saturated rings. The third-order valence-electron chi connectivity index (χ3n) is 3.05. The molecule has 0 spiro atoms. The summed E-state index contributed by atoms with van der Waals surface area (Å²) in [6, 6.07) is 16.5. The molecule has 3 aromatic rings. The molecular weight excluding hydrogens is 262 g/mol. The fraction of sp³-hybridized carbons (Fsp3) is 0. The second-order valence-corrected chi connectivity index (χ2v) is 4.37. The topological polar surface area (TPSA) is 54.2 Å². The summed E-state index contributed by atoms with van der Waals surface area (Å²) in [6.45, 7) is 6.88. The zero-order valence-corrected chi connectivity index (χ0v) is 10.9. The smallest absolute Gasteiger partial charge is 0.269 e. The molecule has 3 rings (SSSR count). The number of rotatable bonds is 2. The van der Waals surface area contributed by atoms with Gasteiger partial charge < -0.3 is 9.26 Å². The van der Waals surface area contributed by atoms with E-state index in [4.69, 9.17) is 16.3 Å². The Balaban J connectivity index is 1.92. The van der Waals surface area contributed by atoms with Gasteiger partial charge in [-0.05, 0) is 42.5 Å². The van der Waals surface area contributed by atoms with Gasteiger partial charge in [-0.2, -0.15) is 5.26 Å². The summed E-state index contributed by atoms with van der Waals surface area (Å²) in [5.41, 5.74) is 2.35. The highest BCUT2D eigenvalue weighted by atomic mass is 16.3. The molecule has 0 aliphatic heterocycles. The first-order chi connectivity index (χ1) is 10.3. The number of nitrogens with zero attached hydrogens (tertiary/aromatic N) is 3. The van der Waals surface area contributed by atoms with Crippen LogP contribution in [0.2, 0.25) is 0 Å². The van der Waals surface area contributed by atoms with Crippen molar-refractivity contribution in [3.8, 4) is 28.7 Å². The normalized spacial score (nSPS) is 9.81. The van der Waals surface area contributed by atoms with Crippen LogP contribution in [0.5, 0.6) is 0 Å². The Morgan fingerprint density at radius 1 is 0.952 bits per heavy atom. The fourth-order valence-electron chi connectivity index (χ4n) is 1.96. The highest BCUT2D eigenvalue weighted by Gasteiger charge is 2.08. The van der Waals surface area contributed by atoms with Crippen LogP contribution in [0.4, 0.5) is 5.82 Å². The number of pyridine rings is 1. The van der Waals surface area contributed by atoms with Crippen LogP contribution >= 0.6 is 0 Å². The lowest BCUT2D eigenvalue weighted by Crippen LogP contribution is -1.77. The molecule has 0 radical (unpaired) electrons. The lowest BCUT2D eigenvalue weighted by Gasteiger charge is -1.98. The predicted molar refractivity (Wildman–Crippen MR) is 78.4 cm³/mol. The average molecular weight is 271 g/mol. The molecule has 1 aromatic carbocycles. The van der Waals surface area contributed by atoms with Crippen LogP contribution in [0.3, 0.4) is 0 Å². The van der Waals surface area contributed by atoms with Crippen molar-refractivity contribution < 1.29 is 4.42 Å². The summed E-state index contributed by atoms with van der Waals surface area (Å²) >= 11 is 0. The largest absolute Gasteiger partial charge is 0.456 e. The third kappa shape index (κ3) is 2.51. The van der Waals surface area contributed by atoms with Crippen molar-refractivity contribution >= 4 is 5.82 Å². The Kier molecular flexibility index (Phi) is 3.21. The molecule has 4 nitrogen and oxygen atoms in total. The average Bonchev–Trinajstić information content (AvgIpc) is 3.05. The van der Waals surface area contributed by atoms with Crippen molar-refractivity contribution in [1.82, 2.24) is 4.98 Å². The van der Waals surface area contributed by atoms with Crippen LogP contribution < -0.4 is 0 Å². The second kappa shape index (κ2) is 5.32. The number of hydrogen-bond acceptors (Lipinski definition) is 3. The highest BCUT2D eigenvalue weighted by molar-refractivity contribution is 5.65. The van der Waals surface area contributed by atoms with Crippen LogP contribution in [0, 0.1) is 17.9 Å². The summed E-state index contributed by atoms with van der Waals surface area (Å²) in [5.74, 6) is 1.78. The van der Waals surface area contributed by atoms with Crippen molar-refractivity contribution in [3.05, 3.63) is 71.7 Å². The Morgan fingerprint density at radius 3 is 2.19 bits per heavy atom. The quantitative estimate of drug-likeness (QED) is 0.648. The van der Waals surface area contributed by atoms with E-state index in [0.717, 1.165) is 16.9 Å². The monoisotopic (exact) mass is 271 g/mol. The molecule has 0 bridgehead atoms. The van der Waals surface area contributed by atoms with E-state index < -0.39 is 0 Å². The number of aromatic nitrogens is 1. The number of hydrogen-bond donors (Lipinski definition) is 0. The maximum Gasteiger partial charge on any atom is 0.269 e. The minimum atomic E-state index is 0.359. The van der Waals surface area contributed by atoms with Gasteiger partial charge in [-0.25, -0.2) is 0 Å².